The number of sulfonamides is 1. The van der Waals surface area contributed by atoms with Crippen LogP contribution in [0, 0.1) is 0 Å². The highest BCUT2D eigenvalue weighted by atomic mass is 32.2. The molecule has 2 rings (SSSR count). The summed E-state index contributed by atoms with van der Waals surface area (Å²) in [7, 11) is -1.97. The number of aromatic nitrogens is 4. The van der Waals surface area contributed by atoms with Gasteiger partial charge in [-0.05, 0) is 13.0 Å². The third kappa shape index (κ3) is 3.52. The van der Waals surface area contributed by atoms with Gasteiger partial charge in [0.2, 0.25) is 16.0 Å². The molecule has 0 saturated heterocycles. The Morgan fingerprint density at radius 3 is 2.60 bits per heavy atom. The summed E-state index contributed by atoms with van der Waals surface area (Å²) in [6.07, 6.45) is 5.95. The molecule has 0 amide bonds. The zero-order valence-corrected chi connectivity index (χ0v) is 12.0. The van der Waals surface area contributed by atoms with Gasteiger partial charge in [0.05, 0.1) is 18.9 Å². The van der Waals surface area contributed by atoms with Crippen molar-refractivity contribution in [2.24, 2.45) is 0 Å². The maximum absolute atomic E-state index is 12.1. The summed E-state index contributed by atoms with van der Waals surface area (Å²) in [6, 6.07) is 1.48. The predicted octanol–water partition coefficient (Wildman–Crippen LogP) is 0.0818. The van der Waals surface area contributed by atoms with Gasteiger partial charge >= 0.3 is 0 Å². The zero-order chi connectivity index (χ0) is 14.6. The van der Waals surface area contributed by atoms with Crippen LogP contribution >= 0.6 is 0 Å². The van der Waals surface area contributed by atoms with Crippen LogP contribution in [0.5, 0.6) is 0 Å². The number of rotatable bonds is 6. The topological polar surface area (TPSA) is 102 Å². The first kappa shape index (κ1) is 14.4. The summed E-state index contributed by atoms with van der Waals surface area (Å²) in [5.41, 5.74) is 0. The SMILES string of the molecule is CNc1ncc(S(=O)(=O)NC(C)Cn2cccn2)cn1. The molecule has 2 aromatic rings. The monoisotopic (exact) mass is 296 g/mol. The molecule has 0 aromatic carbocycles. The van der Waals surface area contributed by atoms with Crippen LogP contribution in [0.15, 0.2) is 35.7 Å². The number of hydrogen-bond donors (Lipinski definition) is 2. The van der Waals surface area contributed by atoms with Gasteiger partial charge in [0.25, 0.3) is 0 Å². The van der Waals surface area contributed by atoms with E-state index in [1.807, 2.05) is 0 Å². The lowest BCUT2D eigenvalue weighted by Crippen LogP contribution is -2.35. The fourth-order valence-electron chi connectivity index (χ4n) is 1.64. The Bertz CT molecular complexity index is 638. The second-order valence-electron chi connectivity index (χ2n) is 4.24. The molecule has 8 nitrogen and oxygen atoms in total. The van der Waals surface area contributed by atoms with Gasteiger partial charge in [0, 0.05) is 25.5 Å². The Morgan fingerprint density at radius 2 is 2.05 bits per heavy atom. The molecule has 1 unspecified atom stereocenters. The Morgan fingerprint density at radius 1 is 1.35 bits per heavy atom. The number of nitrogens with zero attached hydrogens (tertiary/aromatic N) is 4. The van der Waals surface area contributed by atoms with E-state index < -0.39 is 10.0 Å². The molecule has 1 atom stereocenters. The highest BCUT2D eigenvalue weighted by molar-refractivity contribution is 7.89. The van der Waals surface area contributed by atoms with E-state index >= 15 is 0 Å². The molecule has 0 radical (unpaired) electrons. The molecule has 0 aliphatic heterocycles. The fourth-order valence-corrected chi connectivity index (χ4v) is 2.77. The van der Waals surface area contributed by atoms with E-state index in [2.05, 4.69) is 25.1 Å². The van der Waals surface area contributed by atoms with E-state index in [-0.39, 0.29) is 10.9 Å². The molecule has 2 heterocycles. The fraction of sp³-hybridized carbons (Fsp3) is 0.364. The van der Waals surface area contributed by atoms with Gasteiger partial charge in [0.15, 0.2) is 0 Å². The van der Waals surface area contributed by atoms with Crippen molar-refractivity contribution >= 4 is 16.0 Å². The van der Waals surface area contributed by atoms with Gasteiger partial charge in [-0.2, -0.15) is 5.10 Å². The number of anilines is 1. The lowest BCUT2D eigenvalue weighted by atomic mass is 10.4. The van der Waals surface area contributed by atoms with Crippen LogP contribution in [0.2, 0.25) is 0 Å². The minimum absolute atomic E-state index is 0.0313. The average molecular weight is 296 g/mol. The first-order chi connectivity index (χ1) is 9.51. The Labute approximate surface area is 117 Å². The van der Waals surface area contributed by atoms with Crippen LogP contribution in [0.4, 0.5) is 5.95 Å². The first-order valence-corrected chi connectivity index (χ1v) is 7.49. The van der Waals surface area contributed by atoms with Crippen LogP contribution < -0.4 is 10.0 Å². The van der Waals surface area contributed by atoms with Crippen LogP contribution in [-0.4, -0.2) is 41.3 Å². The van der Waals surface area contributed by atoms with Crippen molar-refractivity contribution in [3.63, 3.8) is 0 Å². The van der Waals surface area contributed by atoms with Crippen LogP contribution in [-0.2, 0) is 16.6 Å². The van der Waals surface area contributed by atoms with Crippen molar-refractivity contribution in [2.75, 3.05) is 12.4 Å². The highest BCUT2D eigenvalue weighted by Crippen LogP contribution is 2.08. The van der Waals surface area contributed by atoms with Crippen LogP contribution in [0.1, 0.15) is 6.92 Å². The molecule has 0 spiro atoms. The van der Waals surface area contributed by atoms with Gasteiger partial charge in [-0.25, -0.2) is 23.1 Å². The first-order valence-electron chi connectivity index (χ1n) is 6.01. The van der Waals surface area contributed by atoms with Gasteiger partial charge in [-0.15, -0.1) is 0 Å². The summed E-state index contributed by atoms with van der Waals surface area (Å²) in [5.74, 6) is 0.369. The minimum atomic E-state index is -3.63. The zero-order valence-electron chi connectivity index (χ0n) is 11.2. The quantitative estimate of drug-likeness (QED) is 0.783. The van der Waals surface area contributed by atoms with Crippen LogP contribution in [0.25, 0.3) is 0 Å². The molecule has 0 aliphatic rings. The standard InChI is InChI=1S/C11H16N6O2S/c1-9(8-17-5-3-4-15-17)16-20(18,19)10-6-13-11(12-2)14-7-10/h3-7,9,16H,8H2,1-2H3,(H,12,13,14). The van der Waals surface area contributed by atoms with Crippen molar-refractivity contribution in [1.82, 2.24) is 24.5 Å². The maximum Gasteiger partial charge on any atom is 0.243 e. The number of hydrogen-bond acceptors (Lipinski definition) is 6. The van der Waals surface area contributed by atoms with Crippen molar-refractivity contribution in [3.8, 4) is 0 Å². The normalized spacial score (nSPS) is 13.1. The molecule has 0 aliphatic carbocycles. The summed E-state index contributed by atoms with van der Waals surface area (Å²) in [6.45, 7) is 2.21. The summed E-state index contributed by atoms with van der Waals surface area (Å²) in [5, 5.41) is 6.76. The summed E-state index contributed by atoms with van der Waals surface area (Å²) >= 11 is 0. The predicted molar refractivity (Wildman–Crippen MR) is 73.6 cm³/mol. The summed E-state index contributed by atoms with van der Waals surface area (Å²) < 4.78 is 28.5. The van der Waals surface area contributed by atoms with E-state index in [0.29, 0.717) is 12.5 Å². The third-order valence-corrected chi connectivity index (χ3v) is 4.08. The largest absolute Gasteiger partial charge is 0.357 e. The molecular weight excluding hydrogens is 280 g/mol. The third-order valence-electron chi connectivity index (χ3n) is 2.54. The van der Waals surface area contributed by atoms with E-state index in [4.69, 9.17) is 0 Å². The minimum Gasteiger partial charge on any atom is -0.357 e. The molecule has 108 valence electrons. The van der Waals surface area contributed by atoms with Gasteiger partial charge < -0.3 is 5.32 Å². The molecule has 9 heteroatoms. The molecule has 0 saturated carbocycles. The Kier molecular flexibility index (Phi) is 4.30. The Hall–Kier alpha value is -2.00. The average Bonchev–Trinajstić information content (AvgIpc) is 2.91. The second kappa shape index (κ2) is 5.97. The lowest BCUT2D eigenvalue weighted by Gasteiger charge is -2.14. The van der Waals surface area contributed by atoms with Crippen LogP contribution in [0.3, 0.4) is 0 Å². The second-order valence-corrected chi connectivity index (χ2v) is 5.96. The molecule has 0 bridgehead atoms. The molecular formula is C11H16N6O2S. The van der Waals surface area contributed by atoms with E-state index in [1.165, 1.54) is 12.4 Å². The molecule has 2 aromatic heterocycles. The van der Waals surface area contributed by atoms with Crippen molar-refractivity contribution in [3.05, 3.63) is 30.9 Å². The van der Waals surface area contributed by atoms with Gasteiger partial charge in [0.1, 0.15) is 4.90 Å². The van der Waals surface area contributed by atoms with Crippen molar-refractivity contribution in [2.45, 2.75) is 24.4 Å². The lowest BCUT2D eigenvalue weighted by molar-refractivity contribution is 0.493. The maximum atomic E-state index is 12.1. The number of nitrogens with one attached hydrogen (secondary N) is 2. The van der Waals surface area contributed by atoms with E-state index in [9.17, 15) is 8.42 Å². The van der Waals surface area contributed by atoms with Crippen molar-refractivity contribution in [1.29, 1.82) is 0 Å². The molecule has 2 N–H and O–H groups in total. The van der Waals surface area contributed by atoms with E-state index in [1.54, 1.807) is 37.1 Å². The van der Waals surface area contributed by atoms with Gasteiger partial charge in [-0.1, -0.05) is 0 Å². The smallest absolute Gasteiger partial charge is 0.243 e. The van der Waals surface area contributed by atoms with E-state index in [0.717, 1.165) is 0 Å². The Balaban J connectivity index is 2.05. The molecule has 20 heavy (non-hydrogen) atoms. The van der Waals surface area contributed by atoms with Gasteiger partial charge in [-0.3, -0.25) is 4.68 Å². The highest BCUT2D eigenvalue weighted by Gasteiger charge is 2.18. The van der Waals surface area contributed by atoms with Crippen molar-refractivity contribution < 1.29 is 8.42 Å². The summed E-state index contributed by atoms with van der Waals surface area (Å²) in [4.78, 5) is 7.81. The molecule has 0 fully saturated rings.